The Bertz CT molecular complexity index is 1180. The van der Waals surface area contributed by atoms with Crippen molar-refractivity contribution in [3.8, 4) is 11.5 Å². The largest absolute Gasteiger partial charge is 0.493 e. The average molecular weight is 469 g/mol. The van der Waals surface area contributed by atoms with Crippen LogP contribution in [0.2, 0.25) is 0 Å². The van der Waals surface area contributed by atoms with Gasteiger partial charge in [0.1, 0.15) is 11.3 Å². The van der Waals surface area contributed by atoms with Crippen molar-refractivity contribution < 1.29 is 18.7 Å². The molecule has 1 atom stereocenters. The lowest BCUT2D eigenvalue weighted by Gasteiger charge is -2.40. The first-order valence-corrected chi connectivity index (χ1v) is 11.2. The molecular weight excluding hydrogens is 439 g/mol. The highest BCUT2D eigenvalue weighted by Crippen LogP contribution is 2.37. The number of amides is 1. The van der Waals surface area contributed by atoms with E-state index in [4.69, 9.17) is 15.2 Å². The molecule has 1 fully saturated rings. The first-order chi connectivity index (χ1) is 16.4. The van der Waals surface area contributed by atoms with Crippen LogP contribution in [-0.2, 0) is 11.2 Å². The van der Waals surface area contributed by atoms with Crippen LogP contribution in [0.25, 0.3) is 10.9 Å². The van der Waals surface area contributed by atoms with Gasteiger partial charge in [0.25, 0.3) is 0 Å². The molecule has 1 aromatic carbocycles. The number of fused-ring (bicyclic) bond motifs is 1. The highest BCUT2D eigenvalue weighted by molar-refractivity contribution is 5.92. The van der Waals surface area contributed by atoms with Crippen molar-refractivity contribution in [2.75, 3.05) is 44.5 Å². The zero-order chi connectivity index (χ0) is 24.2. The molecule has 2 aromatic heterocycles. The summed E-state index contributed by atoms with van der Waals surface area (Å²) in [5.41, 5.74) is 7.41. The zero-order valence-corrected chi connectivity index (χ0v) is 19.6. The summed E-state index contributed by atoms with van der Waals surface area (Å²) < 4.78 is 25.5. The molecule has 3 heterocycles. The SMILES string of the molecule is COc1cc2c(N)nc(N3CCN(C(=O)CCCc4ccncc4)CC3C)nc2c(F)c1OC. The highest BCUT2D eigenvalue weighted by atomic mass is 19.1. The standard InChI is InChI=1S/C24H29FN6O3/c1-15-14-30(19(32)6-4-5-16-7-9-27-10-8-16)11-12-31(15)24-28-21-17(23(26)29-24)13-18(33-2)22(34-3)20(21)25/h7-10,13,15H,4-6,11-12,14H2,1-3H3,(H2,26,28,29). The number of hydrogen-bond acceptors (Lipinski definition) is 8. The van der Waals surface area contributed by atoms with Crippen molar-refractivity contribution in [1.29, 1.82) is 0 Å². The number of rotatable bonds is 7. The molecule has 34 heavy (non-hydrogen) atoms. The molecule has 9 nitrogen and oxygen atoms in total. The van der Waals surface area contributed by atoms with Crippen LogP contribution in [0.3, 0.4) is 0 Å². The number of aromatic nitrogens is 3. The first kappa shape index (κ1) is 23.5. The number of ether oxygens (including phenoxy) is 2. The second-order valence-electron chi connectivity index (χ2n) is 8.32. The third-order valence-corrected chi connectivity index (χ3v) is 6.14. The van der Waals surface area contributed by atoms with E-state index < -0.39 is 5.82 Å². The Morgan fingerprint density at radius 1 is 1.21 bits per heavy atom. The van der Waals surface area contributed by atoms with Crippen LogP contribution < -0.4 is 20.1 Å². The smallest absolute Gasteiger partial charge is 0.228 e. The van der Waals surface area contributed by atoms with Crippen LogP contribution in [0.4, 0.5) is 16.2 Å². The molecule has 1 aliphatic heterocycles. The Morgan fingerprint density at radius 3 is 2.65 bits per heavy atom. The van der Waals surface area contributed by atoms with Gasteiger partial charge in [-0.05, 0) is 43.5 Å². The van der Waals surface area contributed by atoms with Crippen LogP contribution in [0.15, 0.2) is 30.6 Å². The van der Waals surface area contributed by atoms with Crippen LogP contribution in [-0.4, -0.2) is 65.7 Å². The molecule has 2 N–H and O–H groups in total. The van der Waals surface area contributed by atoms with E-state index in [2.05, 4.69) is 15.0 Å². The van der Waals surface area contributed by atoms with E-state index in [1.807, 2.05) is 28.9 Å². The minimum Gasteiger partial charge on any atom is -0.493 e. The second-order valence-corrected chi connectivity index (χ2v) is 8.32. The quantitative estimate of drug-likeness (QED) is 0.564. The summed E-state index contributed by atoms with van der Waals surface area (Å²) in [6.07, 6.45) is 5.64. The molecule has 0 aliphatic carbocycles. The number of anilines is 2. The Balaban J connectivity index is 1.46. The Morgan fingerprint density at radius 2 is 1.97 bits per heavy atom. The average Bonchev–Trinajstić information content (AvgIpc) is 2.84. The Hall–Kier alpha value is -3.69. The molecule has 0 spiro atoms. The molecule has 0 bridgehead atoms. The van der Waals surface area contributed by atoms with Crippen LogP contribution in [0.1, 0.15) is 25.3 Å². The number of carbonyl (C=O) groups is 1. The molecule has 180 valence electrons. The zero-order valence-electron chi connectivity index (χ0n) is 19.6. The van der Waals surface area contributed by atoms with Crippen LogP contribution >= 0.6 is 0 Å². The fourth-order valence-corrected chi connectivity index (χ4v) is 4.30. The third kappa shape index (κ3) is 4.66. The number of hydrogen-bond donors (Lipinski definition) is 1. The summed E-state index contributed by atoms with van der Waals surface area (Å²) in [6.45, 7) is 3.58. The van der Waals surface area contributed by atoms with Gasteiger partial charge in [-0.2, -0.15) is 4.98 Å². The molecule has 10 heteroatoms. The summed E-state index contributed by atoms with van der Waals surface area (Å²) in [4.78, 5) is 29.5. The van der Waals surface area contributed by atoms with Gasteiger partial charge in [-0.1, -0.05) is 0 Å². The number of nitrogens with two attached hydrogens (primary N) is 1. The normalized spacial score (nSPS) is 16.1. The summed E-state index contributed by atoms with van der Waals surface area (Å²) >= 11 is 0. The molecule has 1 amide bonds. The Labute approximate surface area is 197 Å². The van der Waals surface area contributed by atoms with Crippen molar-refractivity contribution in [3.05, 3.63) is 42.0 Å². The lowest BCUT2D eigenvalue weighted by Crippen LogP contribution is -2.54. The number of piperazine rings is 1. The van der Waals surface area contributed by atoms with Gasteiger partial charge in [0, 0.05) is 49.9 Å². The van der Waals surface area contributed by atoms with Gasteiger partial charge >= 0.3 is 0 Å². The molecule has 1 unspecified atom stereocenters. The summed E-state index contributed by atoms with van der Waals surface area (Å²) in [6, 6.07) is 5.45. The summed E-state index contributed by atoms with van der Waals surface area (Å²) in [5.74, 6) is 0.148. The number of aryl methyl sites for hydroxylation is 1. The minimum absolute atomic E-state index is 0.0331. The maximum absolute atomic E-state index is 15.1. The van der Waals surface area contributed by atoms with Gasteiger partial charge in [-0.3, -0.25) is 9.78 Å². The fourth-order valence-electron chi connectivity index (χ4n) is 4.30. The lowest BCUT2D eigenvalue weighted by molar-refractivity contribution is -0.132. The van der Waals surface area contributed by atoms with E-state index in [9.17, 15) is 4.79 Å². The summed E-state index contributed by atoms with van der Waals surface area (Å²) in [7, 11) is 2.80. The molecular formula is C24H29FN6O3. The van der Waals surface area contributed by atoms with Crippen molar-refractivity contribution in [2.24, 2.45) is 0 Å². The van der Waals surface area contributed by atoms with Gasteiger partial charge in [0.05, 0.1) is 14.2 Å². The van der Waals surface area contributed by atoms with Crippen molar-refractivity contribution in [2.45, 2.75) is 32.2 Å². The topological polar surface area (TPSA) is 107 Å². The highest BCUT2D eigenvalue weighted by Gasteiger charge is 2.29. The first-order valence-electron chi connectivity index (χ1n) is 11.2. The monoisotopic (exact) mass is 468 g/mol. The van der Waals surface area contributed by atoms with E-state index in [-0.39, 0.29) is 34.8 Å². The number of nitrogen functional groups attached to an aromatic ring is 1. The van der Waals surface area contributed by atoms with E-state index >= 15 is 4.39 Å². The predicted molar refractivity (Wildman–Crippen MR) is 128 cm³/mol. The van der Waals surface area contributed by atoms with E-state index in [0.717, 1.165) is 12.8 Å². The third-order valence-electron chi connectivity index (χ3n) is 6.14. The fraction of sp³-hybridized carbons (Fsp3) is 0.417. The van der Waals surface area contributed by atoms with Crippen molar-refractivity contribution in [1.82, 2.24) is 19.9 Å². The molecule has 1 saturated heterocycles. The van der Waals surface area contributed by atoms with Gasteiger partial charge in [-0.15, -0.1) is 0 Å². The summed E-state index contributed by atoms with van der Waals surface area (Å²) in [5, 5.41) is 0.356. The molecule has 0 saturated carbocycles. The van der Waals surface area contributed by atoms with Gasteiger partial charge < -0.3 is 25.0 Å². The number of carbonyl (C=O) groups excluding carboxylic acids is 1. The van der Waals surface area contributed by atoms with Gasteiger partial charge in [-0.25, -0.2) is 9.37 Å². The molecule has 4 rings (SSSR count). The lowest BCUT2D eigenvalue weighted by atomic mass is 10.1. The van der Waals surface area contributed by atoms with E-state index in [0.29, 0.717) is 37.4 Å². The van der Waals surface area contributed by atoms with E-state index in [1.165, 1.54) is 19.8 Å². The molecule has 0 radical (unpaired) electrons. The van der Waals surface area contributed by atoms with E-state index in [1.54, 1.807) is 18.5 Å². The second kappa shape index (κ2) is 10.1. The number of methoxy groups -OCH3 is 2. The molecule has 3 aromatic rings. The molecule has 1 aliphatic rings. The van der Waals surface area contributed by atoms with Crippen LogP contribution in [0, 0.1) is 5.82 Å². The number of benzene rings is 1. The van der Waals surface area contributed by atoms with Crippen molar-refractivity contribution in [3.63, 3.8) is 0 Å². The number of nitrogens with zero attached hydrogens (tertiary/aromatic N) is 5. The predicted octanol–water partition coefficient (Wildman–Crippen LogP) is 2.82. The van der Waals surface area contributed by atoms with Gasteiger partial charge in [0.2, 0.25) is 11.9 Å². The van der Waals surface area contributed by atoms with Crippen molar-refractivity contribution >= 4 is 28.6 Å². The number of pyridine rings is 1. The maximum Gasteiger partial charge on any atom is 0.228 e. The maximum atomic E-state index is 15.1. The Kier molecular flexibility index (Phi) is 6.95. The van der Waals surface area contributed by atoms with Crippen LogP contribution in [0.5, 0.6) is 11.5 Å². The van der Waals surface area contributed by atoms with Gasteiger partial charge in [0.15, 0.2) is 17.3 Å². The minimum atomic E-state index is -0.650. The number of halogens is 1.